The van der Waals surface area contributed by atoms with Crippen LogP contribution in [0.5, 0.6) is 0 Å². The van der Waals surface area contributed by atoms with Crippen molar-refractivity contribution in [3.05, 3.63) is 0 Å². The zero-order chi connectivity index (χ0) is 9.41. The fourth-order valence-corrected chi connectivity index (χ4v) is 4.80. The van der Waals surface area contributed by atoms with Crippen molar-refractivity contribution in [2.24, 2.45) is 0 Å². The summed E-state index contributed by atoms with van der Waals surface area (Å²) in [7, 11) is -0.828. The van der Waals surface area contributed by atoms with Crippen LogP contribution in [0.25, 0.3) is 0 Å². The highest BCUT2D eigenvalue weighted by Gasteiger charge is 2.34. The minimum absolute atomic E-state index is 0.0550. The van der Waals surface area contributed by atoms with Crippen LogP contribution >= 0.6 is 0 Å². The van der Waals surface area contributed by atoms with Gasteiger partial charge in [-0.05, 0) is 33.2 Å². The average Bonchev–Trinajstić information content (AvgIpc) is 2.05. The average molecular weight is 186 g/mol. The molecule has 1 heterocycles. The van der Waals surface area contributed by atoms with Gasteiger partial charge in [-0.2, -0.15) is 0 Å². The summed E-state index contributed by atoms with van der Waals surface area (Å²) in [6.07, 6.45) is 1.86. The number of hydrogen-bond donors (Lipinski definition) is 0. The first-order valence-corrected chi connectivity index (χ1v) is 8.38. The van der Waals surface area contributed by atoms with Gasteiger partial charge in [0, 0.05) is 0 Å². The molecule has 0 aromatic heterocycles. The van der Waals surface area contributed by atoms with E-state index in [1.807, 2.05) is 0 Å². The van der Waals surface area contributed by atoms with Crippen LogP contribution < -0.4 is 0 Å². The second kappa shape index (κ2) is 3.15. The first-order chi connectivity index (χ1) is 5.29. The highest BCUT2D eigenvalue weighted by molar-refractivity contribution is 6.78. The molecule has 1 aliphatic heterocycles. The second-order valence-electron chi connectivity index (χ2n) is 5.76. The molecule has 1 saturated heterocycles. The van der Waals surface area contributed by atoms with Gasteiger partial charge in [0.2, 0.25) is 0 Å². The SMILES string of the molecule is CC(C)(C)OC1CC[Si](C)(C)C1. The Kier molecular flexibility index (Phi) is 2.69. The molecule has 1 nitrogen and oxygen atoms in total. The number of ether oxygens (including phenoxy) is 1. The van der Waals surface area contributed by atoms with Gasteiger partial charge < -0.3 is 4.74 Å². The van der Waals surface area contributed by atoms with E-state index in [0.29, 0.717) is 6.10 Å². The Morgan fingerprint density at radius 1 is 1.25 bits per heavy atom. The van der Waals surface area contributed by atoms with Crippen LogP contribution in [0.3, 0.4) is 0 Å². The molecule has 1 aliphatic rings. The Bertz CT molecular complexity index is 158. The summed E-state index contributed by atoms with van der Waals surface area (Å²) in [6.45, 7) is 11.4. The summed E-state index contributed by atoms with van der Waals surface area (Å²) in [6, 6.07) is 2.82. The molecule has 0 radical (unpaired) electrons. The van der Waals surface area contributed by atoms with Crippen molar-refractivity contribution < 1.29 is 4.74 Å². The van der Waals surface area contributed by atoms with Gasteiger partial charge in [-0.1, -0.05) is 19.1 Å². The van der Waals surface area contributed by atoms with E-state index in [9.17, 15) is 0 Å². The van der Waals surface area contributed by atoms with Gasteiger partial charge in [-0.15, -0.1) is 0 Å². The smallest absolute Gasteiger partial charge is 0.0602 e. The maximum absolute atomic E-state index is 5.97. The predicted molar refractivity (Wildman–Crippen MR) is 56.3 cm³/mol. The third-order valence-corrected chi connectivity index (χ3v) is 5.65. The summed E-state index contributed by atoms with van der Waals surface area (Å²) in [5.41, 5.74) is 0.0550. The van der Waals surface area contributed by atoms with Gasteiger partial charge in [0.25, 0.3) is 0 Å². The molecule has 0 aromatic carbocycles. The maximum atomic E-state index is 5.97. The molecule has 0 N–H and O–H groups in total. The summed E-state index contributed by atoms with van der Waals surface area (Å²) >= 11 is 0. The minimum atomic E-state index is -0.828. The molecular weight excluding hydrogens is 164 g/mol. The van der Waals surface area contributed by atoms with Crippen LogP contribution in [0.1, 0.15) is 27.2 Å². The van der Waals surface area contributed by atoms with E-state index in [2.05, 4.69) is 33.9 Å². The third kappa shape index (κ3) is 3.28. The predicted octanol–water partition coefficient (Wildman–Crippen LogP) is 3.28. The lowest BCUT2D eigenvalue weighted by atomic mass is 10.2. The van der Waals surface area contributed by atoms with E-state index >= 15 is 0 Å². The molecule has 0 spiro atoms. The fourth-order valence-electron chi connectivity index (χ4n) is 1.97. The van der Waals surface area contributed by atoms with Crippen LogP contribution in [0.4, 0.5) is 0 Å². The van der Waals surface area contributed by atoms with Crippen molar-refractivity contribution in [3.63, 3.8) is 0 Å². The van der Waals surface area contributed by atoms with Crippen LogP contribution in [0, 0.1) is 0 Å². The summed E-state index contributed by atoms with van der Waals surface area (Å²) in [4.78, 5) is 0. The Labute approximate surface area is 77.5 Å². The highest BCUT2D eigenvalue weighted by Crippen LogP contribution is 2.33. The molecule has 0 aromatic rings. The maximum Gasteiger partial charge on any atom is 0.0602 e. The van der Waals surface area contributed by atoms with Crippen LogP contribution in [-0.2, 0) is 4.74 Å². The van der Waals surface area contributed by atoms with Crippen molar-refractivity contribution in [2.75, 3.05) is 0 Å². The fraction of sp³-hybridized carbons (Fsp3) is 1.00. The quantitative estimate of drug-likeness (QED) is 0.571. The van der Waals surface area contributed by atoms with Gasteiger partial charge in [0.05, 0.1) is 19.8 Å². The molecule has 0 amide bonds. The van der Waals surface area contributed by atoms with Gasteiger partial charge in [-0.3, -0.25) is 0 Å². The van der Waals surface area contributed by atoms with E-state index in [1.165, 1.54) is 18.5 Å². The van der Waals surface area contributed by atoms with Gasteiger partial charge in [0.15, 0.2) is 0 Å². The first-order valence-electron chi connectivity index (χ1n) is 4.96. The molecule has 0 saturated carbocycles. The monoisotopic (exact) mass is 186 g/mol. The molecule has 1 atom stereocenters. The standard InChI is InChI=1S/C10H22OSi/c1-10(2,3)11-9-6-7-12(4,5)8-9/h9H,6-8H2,1-5H3. The Morgan fingerprint density at radius 2 is 1.83 bits per heavy atom. The van der Waals surface area contributed by atoms with E-state index in [1.54, 1.807) is 0 Å². The molecular formula is C10H22OSi. The number of rotatable bonds is 1. The Morgan fingerprint density at radius 3 is 2.17 bits per heavy atom. The first kappa shape index (κ1) is 10.3. The molecule has 0 bridgehead atoms. The van der Waals surface area contributed by atoms with E-state index in [0.717, 1.165) is 0 Å². The molecule has 72 valence electrons. The van der Waals surface area contributed by atoms with Gasteiger partial charge in [-0.25, -0.2) is 0 Å². The number of hydrogen-bond acceptors (Lipinski definition) is 1. The normalized spacial score (nSPS) is 29.2. The zero-order valence-electron chi connectivity index (χ0n) is 9.11. The lowest BCUT2D eigenvalue weighted by Gasteiger charge is -2.25. The van der Waals surface area contributed by atoms with Gasteiger partial charge in [0.1, 0.15) is 0 Å². The zero-order valence-corrected chi connectivity index (χ0v) is 10.1. The van der Waals surface area contributed by atoms with Crippen LogP contribution in [0.2, 0.25) is 25.2 Å². The van der Waals surface area contributed by atoms with Crippen molar-refractivity contribution in [3.8, 4) is 0 Å². The Hall–Kier alpha value is 0.177. The Balaban J connectivity index is 2.39. The molecule has 0 aliphatic carbocycles. The lowest BCUT2D eigenvalue weighted by molar-refractivity contribution is -0.0489. The topological polar surface area (TPSA) is 9.23 Å². The minimum Gasteiger partial charge on any atom is -0.373 e. The summed E-state index contributed by atoms with van der Waals surface area (Å²) < 4.78 is 5.97. The van der Waals surface area contributed by atoms with Crippen LogP contribution in [0.15, 0.2) is 0 Å². The third-order valence-electron chi connectivity index (χ3n) is 2.44. The van der Waals surface area contributed by atoms with Gasteiger partial charge >= 0.3 is 0 Å². The molecule has 1 unspecified atom stereocenters. The van der Waals surface area contributed by atoms with Crippen molar-refractivity contribution >= 4 is 8.07 Å². The molecule has 12 heavy (non-hydrogen) atoms. The molecule has 1 rings (SSSR count). The second-order valence-corrected chi connectivity index (χ2v) is 11.0. The van der Waals surface area contributed by atoms with E-state index in [-0.39, 0.29) is 5.60 Å². The summed E-state index contributed by atoms with van der Waals surface area (Å²) in [5, 5.41) is 0. The highest BCUT2D eigenvalue weighted by atomic mass is 28.3. The molecule has 1 fully saturated rings. The van der Waals surface area contributed by atoms with Crippen LogP contribution in [-0.4, -0.2) is 19.8 Å². The van der Waals surface area contributed by atoms with Crippen molar-refractivity contribution in [2.45, 2.75) is 64.1 Å². The lowest BCUT2D eigenvalue weighted by Crippen LogP contribution is -2.28. The largest absolute Gasteiger partial charge is 0.373 e. The van der Waals surface area contributed by atoms with Crippen molar-refractivity contribution in [1.82, 2.24) is 0 Å². The molecule has 2 heteroatoms. The van der Waals surface area contributed by atoms with E-state index < -0.39 is 8.07 Å². The van der Waals surface area contributed by atoms with E-state index in [4.69, 9.17) is 4.74 Å². The van der Waals surface area contributed by atoms with Crippen molar-refractivity contribution in [1.29, 1.82) is 0 Å². The summed E-state index contributed by atoms with van der Waals surface area (Å²) in [5.74, 6) is 0.